The number of rotatable bonds is 48. The Morgan fingerprint density at radius 2 is 0.590 bits per heavy atom. The molecule has 0 aliphatic rings. The summed E-state index contributed by atoms with van der Waals surface area (Å²) in [6.45, 7) is 6.60. The van der Waals surface area contributed by atoms with Crippen molar-refractivity contribution in [3.8, 4) is 0 Å². The van der Waals surface area contributed by atoms with E-state index in [0.717, 1.165) is 70.6 Å². The molecule has 0 rings (SSSR count). The second-order valence-electron chi connectivity index (χ2n) is 17.8. The second kappa shape index (κ2) is 50.3. The molecule has 0 aromatic heterocycles. The molecule has 0 N–H and O–H groups in total. The zero-order valence-electron chi connectivity index (χ0n) is 40.7. The number of esters is 3. The van der Waals surface area contributed by atoms with Gasteiger partial charge in [-0.05, 0) is 77.0 Å². The van der Waals surface area contributed by atoms with E-state index in [1.165, 1.54) is 167 Å². The van der Waals surface area contributed by atoms with Gasteiger partial charge in [0.05, 0.1) is 0 Å². The molecule has 0 aromatic carbocycles. The van der Waals surface area contributed by atoms with Crippen molar-refractivity contribution in [1.29, 1.82) is 0 Å². The zero-order chi connectivity index (χ0) is 44.4. The molecule has 6 heteroatoms. The first-order valence-corrected chi connectivity index (χ1v) is 26.5. The van der Waals surface area contributed by atoms with Gasteiger partial charge in [-0.2, -0.15) is 0 Å². The summed E-state index contributed by atoms with van der Waals surface area (Å²) in [7, 11) is 0. The summed E-state index contributed by atoms with van der Waals surface area (Å²) in [5.41, 5.74) is 0. The van der Waals surface area contributed by atoms with Gasteiger partial charge in [-0.15, -0.1) is 0 Å². The van der Waals surface area contributed by atoms with E-state index in [2.05, 4.69) is 57.2 Å². The maximum atomic E-state index is 12.8. The van der Waals surface area contributed by atoms with Gasteiger partial charge in [-0.1, -0.05) is 218 Å². The van der Waals surface area contributed by atoms with E-state index in [-0.39, 0.29) is 31.1 Å². The first-order chi connectivity index (χ1) is 30.0. The van der Waals surface area contributed by atoms with Crippen LogP contribution in [0.25, 0.3) is 0 Å². The Kier molecular flexibility index (Phi) is 48.3. The van der Waals surface area contributed by atoms with Crippen molar-refractivity contribution in [2.75, 3.05) is 13.2 Å². The SMILES string of the molecule is CCCCC/C=C\C/C=C\CCCCCCCCCCCC(=O)OC[C@@H](COC(=O)CCCCCCCCCCCCC)OC(=O)CCCCCCC/C=C\CCCCCC. The van der Waals surface area contributed by atoms with E-state index in [9.17, 15) is 14.4 Å². The van der Waals surface area contributed by atoms with Crippen molar-refractivity contribution in [2.45, 2.75) is 284 Å². The first kappa shape index (κ1) is 58.6. The fourth-order valence-electron chi connectivity index (χ4n) is 7.59. The molecule has 61 heavy (non-hydrogen) atoms. The van der Waals surface area contributed by atoms with E-state index in [4.69, 9.17) is 14.2 Å². The highest BCUT2D eigenvalue weighted by Gasteiger charge is 2.19. The Bertz CT molecular complexity index is 1030. The number of carbonyl (C=O) groups excluding carboxylic acids is 3. The standard InChI is InChI=1S/C55H100O6/c1-4-7-10-13-16-19-22-24-25-26-27-28-29-31-33-36-39-42-45-48-54(57)60-51-52(50-59-53(56)47-44-41-38-35-32-21-18-15-12-9-6-3)61-55(58)49-46-43-40-37-34-30-23-20-17-14-11-8-5-2/h16,19-20,23-25,52H,4-15,17-18,21-22,26-51H2,1-3H3/b19-16-,23-20-,25-24-/t52-/m1/s1. The second-order valence-corrected chi connectivity index (χ2v) is 17.8. The Hall–Kier alpha value is -2.37. The molecular formula is C55H100O6. The lowest BCUT2D eigenvalue weighted by Crippen LogP contribution is -2.30. The minimum atomic E-state index is -0.773. The smallest absolute Gasteiger partial charge is 0.306 e. The van der Waals surface area contributed by atoms with Gasteiger partial charge in [0.25, 0.3) is 0 Å². The van der Waals surface area contributed by atoms with Crippen LogP contribution in [0.2, 0.25) is 0 Å². The minimum Gasteiger partial charge on any atom is -0.462 e. The summed E-state index contributed by atoms with van der Waals surface area (Å²) >= 11 is 0. The molecule has 0 aliphatic carbocycles. The summed E-state index contributed by atoms with van der Waals surface area (Å²) < 4.78 is 16.8. The summed E-state index contributed by atoms with van der Waals surface area (Å²) in [4.78, 5) is 37.9. The van der Waals surface area contributed by atoms with Crippen LogP contribution in [0.4, 0.5) is 0 Å². The van der Waals surface area contributed by atoms with Gasteiger partial charge in [-0.3, -0.25) is 14.4 Å². The minimum absolute atomic E-state index is 0.0739. The predicted octanol–water partition coefficient (Wildman–Crippen LogP) is 17.3. The molecule has 6 nitrogen and oxygen atoms in total. The largest absolute Gasteiger partial charge is 0.462 e. The van der Waals surface area contributed by atoms with E-state index in [1.807, 2.05) is 0 Å². The highest BCUT2D eigenvalue weighted by Crippen LogP contribution is 2.15. The van der Waals surface area contributed by atoms with E-state index >= 15 is 0 Å². The van der Waals surface area contributed by atoms with Crippen molar-refractivity contribution >= 4 is 17.9 Å². The average molecular weight is 857 g/mol. The van der Waals surface area contributed by atoms with E-state index in [0.29, 0.717) is 19.3 Å². The van der Waals surface area contributed by atoms with Crippen LogP contribution in [0.15, 0.2) is 36.5 Å². The summed E-state index contributed by atoms with van der Waals surface area (Å²) in [5.74, 6) is -0.878. The van der Waals surface area contributed by atoms with Crippen molar-refractivity contribution in [1.82, 2.24) is 0 Å². The Morgan fingerprint density at radius 3 is 0.967 bits per heavy atom. The van der Waals surface area contributed by atoms with Gasteiger partial charge in [-0.25, -0.2) is 0 Å². The first-order valence-electron chi connectivity index (χ1n) is 26.5. The third kappa shape index (κ3) is 48.5. The zero-order valence-corrected chi connectivity index (χ0v) is 40.7. The number of hydrogen-bond acceptors (Lipinski definition) is 6. The molecule has 0 aliphatic heterocycles. The van der Waals surface area contributed by atoms with Gasteiger partial charge in [0.1, 0.15) is 13.2 Å². The molecule has 0 aromatic rings. The van der Waals surface area contributed by atoms with E-state index in [1.54, 1.807) is 0 Å². The number of hydrogen-bond donors (Lipinski definition) is 0. The van der Waals surface area contributed by atoms with Gasteiger partial charge < -0.3 is 14.2 Å². The third-order valence-corrected chi connectivity index (χ3v) is 11.6. The van der Waals surface area contributed by atoms with Crippen LogP contribution in [-0.2, 0) is 28.6 Å². The molecule has 1 atom stereocenters. The molecule has 0 fully saturated rings. The molecule has 0 heterocycles. The van der Waals surface area contributed by atoms with Crippen LogP contribution in [0, 0.1) is 0 Å². The van der Waals surface area contributed by atoms with Crippen LogP contribution in [0.1, 0.15) is 278 Å². The average Bonchev–Trinajstić information content (AvgIpc) is 3.26. The quantitative estimate of drug-likeness (QED) is 0.0262. The monoisotopic (exact) mass is 857 g/mol. The molecule has 0 radical (unpaired) electrons. The number of carbonyl (C=O) groups is 3. The topological polar surface area (TPSA) is 78.9 Å². The van der Waals surface area contributed by atoms with Gasteiger partial charge in [0, 0.05) is 19.3 Å². The lowest BCUT2D eigenvalue weighted by Gasteiger charge is -2.18. The van der Waals surface area contributed by atoms with Crippen molar-refractivity contribution in [2.24, 2.45) is 0 Å². The highest BCUT2D eigenvalue weighted by atomic mass is 16.6. The summed E-state index contributed by atoms with van der Waals surface area (Å²) in [5, 5.41) is 0. The van der Waals surface area contributed by atoms with Crippen LogP contribution in [0.5, 0.6) is 0 Å². The van der Waals surface area contributed by atoms with Gasteiger partial charge in [0.2, 0.25) is 0 Å². The molecule has 356 valence electrons. The number of allylic oxidation sites excluding steroid dienone is 6. The fourth-order valence-corrected chi connectivity index (χ4v) is 7.59. The predicted molar refractivity (Wildman–Crippen MR) is 261 cm³/mol. The molecule has 0 bridgehead atoms. The van der Waals surface area contributed by atoms with Crippen molar-refractivity contribution in [3.63, 3.8) is 0 Å². The Balaban J connectivity index is 4.31. The maximum absolute atomic E-state index is 12.8. The van der Waals surface area contributed by atoms with E-state index < -0.39 is 6.10 Å². The lowest BCUT2D eigenvalue weighted by molar-refractivity contribution is -0.167. The third-order valence-electron chi connectivity index (χ3n) is 11.6. The van der Waals surface area contributed by atoms with Crippen LogP contribution in [0.3, 0.4) is 0 Å². The Labute approximate surface area is 378 Å². The molecular weight excluding hydrogens is 757 g/mol. The molecule has 0 saturated heterocycles. The summed E-state index contributed by atoms with van der Waals surface area (Å²) in [6.07, 6.45) is 58.4. The molecule has 0 saturated carbocycles. The number of ether oxygens (including phenoxy) is 3. The number of unbranched alkanes of at least 4 members (excludes halogenated alkanes) is 31. The highest BCUT2D eigenvalue weighted by molar-refractivity contribution is 5.71. The maximum Gasteiger partial charge on any atom is 0.306 e. The van der Waals surface area contributed by atoms with Crippen molar-refractivity contribution in [3.05, 3.63) is 36.5 Å². The normalized spacial score (nSPS) is 12.2. The Morgan fingerprint density at radius 1 is 0.328 bits per heavy atom. The lowest BCUT2D eigenvalue weighted by atomic mass is 10.1. The van der Waals surface area contributed by atoms with Crippen LogP contribution < -0.4 is 0 Å². The van der Waals surface area contributed by atoms with Crippen LogP contribution in [-0.4, -0.2) is 37.2 Å². The summed E-state index contributed by atoms with van der Waals surface area (Å²) in [6, 6.07) is 0. The van der Waals surface area contributed by atoms with Crippen molar-refractivity contribution < 1.29 is 28.6 Å². The molecule has 0 unspecified atom stereocenters. The molecule has 0 amide bonds. The van der Waals surface area contributed by atoms with Gasteiger partial charge in [0.15, 0.2) is 6.10 Å². The molecule has 0 spiro atoms. The van der Waals surface area contributed by atoms with Gasteiger partial charge >= 0.3 is 17.9 Å². The fraction of sp³-hybridized carbons (Fsp3) is 0.836. The van der Waals surface area contributed by atoms with Crippen LogP contribution >= 0.6 is 0 Å².